The van der Waals surface area contributed by atoms with Gasteiger partial charge in [-0.2, -0.15) is 0 Å². The number of nitro groups is 1. The number of rotatable bonds is 4. The third-order valence-corrected chi connectivity index (χ3v) is 3.25. The third kappa shape index (κ3) is 4.21. The Labute approximate surface area is 134 Å². The lowest BCUT2D eigenvalue weighted by Gasteiger charge is -2.21. The molecule has 0 aliphatic rings. The lowest BCUT2D eigenvalue weighted by atomic mass is 10.0. The fraction of sp³-hybridized carbons (Fsp3) is 0.438. The number of aromatic nitrogens is 1. The normalized spacial score (nSPS) is 12.9. The van der Waals surface area contributed by atoms with Crippen LogP contribution < -0.4 is 5.32 Å². The zero-order chi connectivity index (χ0) is 17.2. The van der Waals surface area contributed by atoms with Crippen LogP contribution in [0.4, 0.5) is 10.5 Å². The first-order chi connectivity index (χ1) is 10.7. The van der Waals surface area contributed by atoms with Crippen LogP contribution in [-0.4, -0.2) is 27.6 Å². The standard InChI is InChI=1S/C16H21N3O4/c1-10(18-15(20)23-16(2,3)4)8-11-9-17-12-6-5-7-13(14(11)12)19(21)22/h5-7,9-10,17H,8H2,1-4H3,(H,18,20)/t10-/m1/s1. The predicted molar refractivity (Wildman–Crippen MR) is 87.5 cm³/mol. The van der Waals surface area contributed by atoms with E-state index in [4.69, 9.17) is 4.74 Å². The second-order valence-corrected chi connectivity index (χ2v) is 6.52. The van der Waals surface area contributed by atoms with Crippen molar-refractivity contribution < 1.29 is 14.5 Å². The number of carbonyl (C=O) groups excluding carboxylic acids is 1. The van der Waals surface area contributed by atoms with Crippen LogP contribution in [0.3, 0.4) is 0 Å². The average molecular weight is 319 g/mol. The van der Waals surface area contributed by atoms with Crippen LogP contribution in [0.15, 0.2) is 24.4 Å². The van der Waals surface area contributed by atoms with Gasteiger partial charge in [0.2, 0.25) is 0 Å². The lowest BCUT2D eigenvalue weighted by Crippen LogP contribution is -2.38. The van der Waals surface area contributed by atoms with Crippen LogP contribution in [0.5, 0.6) is 0 Å². The summed E-state index contributed by atoms with van der Waals surface area (Å²) in [5.74, 6) is 0. The first kappa shape index (κ1) is 16.8. The Balaban J connectivity index is 2.16. The third-order valence-electron chi connectivity index (χ3n) is 3.25. The van der Waals surface area contributed by atoms with Crippen LogP contribution in [-0.2, 0) is 11.2 Å². The van der Waals surface area contributed by atoms with Crippen molar-refractivity contribution in [3.8, 4) is 0 Å². The van der Waals surface area contributed by atoms with Gasteiger partial charge in [0, 0.05) is 18.3 Å². The molecule has 1 atom stereocenters. The molecule has 2 aromatic rings. The van der Waals surface area contributed by atoms with E-state index < -0.39 is 16.6 Å². The maximum atomic E-state index is 11.8. The maximum Gasteiger partial charge on any atom is 0.407 e. The van der Waals surface area contributed by atoms with Gasteiger partial charge in [-0.1, -0.05) is 6.07 Å². The first-order valence-corrected chi connectivity index (χ1v) is 7.40. The second kappa shape index (κ2) is 6.28. The predicted octanol–water partition coefficient (Wildman–Crippen LogP) is 3.53. The Kier molecular flexibility index (Phi) is 4.58. The Morgan fingerprint density at radius 3 is 2.74 bits per heavy atom. The molecule has 2 N–H and O–H groups in total. The monoisotopic (exact) mass is 319 g/mol. The minimum atomic E-state index is -0.566. The average Bonchev–Trinajstić information content (AvgIpc) is 2.79. The summed E-state index contributed by atoms with van der Waals surface area (Å²) in [6, 6.07) is 4.69. The fourth-order valence-corrected chi connectivity index (χ4v) is 2.44. The van der Waals surface area contributed by atoms with Crippen molar-refractivity contribution >= 4 is 22.7 Å². The molecule has 0 saturated heterocycles. The van der Waals surface area contributed by atoms with Crippen molar-refractivity contribution in [2.45, 2.75) is 45.8 Å². The summed E-state index contributed by atoms with van der Waals surface area (Å²) in [6.07, 6.45) is 1.70. The molecule has 7 nitrogen and oxygen atoms in total. The van der Waals surface area contributed by atoms with E-state index in [1.54, 1.807) is 39.1 Å². The highest BCUT2D eigenvalue weighted by Gasteiger charge is 2.21. The fourth-order valence-electron chi connectivity index (χ4n) is 2.44. The van der Waals surface area contributed by atoms with Gasteiger partial charge in [-0.25, -0.2) is 4.79 Å². The number of benzene rings is 1. The summed E-state index contributed by atoms with van der Waals surface area (Å²) in [5.41, 5.74) is 0.987. The van der Waals surface area contributed by atoms with Crippen molar-refractivity contribution in [2.24, 2.45) is 0 Å². The number of aromatic amines is 1. The molecule has 1 amide bonds. The Morgan fingerprint density at radius 1 is 1.43 bits per heavy atom. The van der Waals surface area contributed by atoms with Gasteiger partial charge in [0.1, 0.15) is 5.60 Å². The van der Waals surface area contributed by atoms with Crippen LogP contribution in [0.2, 0.25) is 0 Å². The Bertz CT molecular complexity index is 730. The number of hydrogen-bond acceptors (Lipinski definition) is 4. The molecular weight excluding hydrogens is 298 g/mol. The molecule has 0 bridgehead atoms. The first-order valence-electron chi connectivity index (χ1n) is 7.40. The van der Waals surface area contributed by atoms with E-state index in [1.165, 1.54) is 6.07 Å². The molecule has 1 aromatic heterocycles. The van der Waals surface area contributed by atoms with E-state index in [2.05, 4.69) is 10.3 Å². The molecule has 7 heteroatoms. The summed E-state index contributed by atoms with van der Waals surface area (Å²) >= 11 is 0. The Morgan fingerprint density at radius 2 is 2.13 bits per heavy atom. The highest BCUT2D eigenvalue weighted by molar-refractivity contribution is 5.91. The molecule has 0 spiro atoms. The van der Waals surface area contributed by atoms with Crippen molar-refractivity contribution in [3.63, 3.8) is 0 Å². The number of nitro benzene ring substituents is 1. The number of ether oxygens (including phenoxy) is 1. The van der Waals surface area contributed by atoms with Crippen molar-refractivity contribution in [1.29, 1.82) is 0 Å². The number of nitrogens with one attached hydrogen (secondary N) is 2. The van der Waals surface area contributed by atoms with E-state index in [0.717, 1.165) is 5.56 Å². The summed E-state index contributed by atoms with van der Waals surface area (Å²) < 4.78 is 5.21. The molecular formula is C16H21N3O4. The zero-order valence-corrected chi connectivity index (χ0v) is 13.7. The summed E-state index contributed by atoms with van der Waals surface area (Å²) in [5, 5.41) is 14.5. The minimum Gasteiger partial charge on any atom is -0.444 e. The quantitative estimate of drug-likeness (QED) is 0.665. The van der Waals surface area contributed by atoms with E-state index in [9.17, 15) is 14.9 Å². The van der Waals surface area contributed by atoms with E-state index >= 15 is 0 Å². The van der Waals surface area contributed by atoms with Gasteiger partial charge in [0.05, 0.1) is 15.8 Å². The molecule has 1 heterocycles. The smallest absolute Gasteiger partial charge is 0.407 e. The van der Waals surface area contributed by atoms with E-state index in [0.29, 0.717) is 17.3 Å². The number of non-ortho nitro benzene ring substituents is 1. The summed E-state index contributed by atoms with van der Waals surface area (Å²) in [4.78, 5) is 25.6. The van der Waals surface area contributed by atoms with Gasteiger partial charge in [-0.15, -0.1) is 0 Å². The SMILES string of the molecule is C[C@H](Cc1c[nH]c2cccc([N+](=O)[O-])c12)NC(=O)OC(C)(C)C. The molecule has 0 fully saturated rings. The van der Waals surface area contributed by atoms with Gasteiger partial charge in [0.15, 0.2) is 0 Å². The summed E-state index contributed by atoms with van der Waals surface area (Å²) in [7, 11) is 0. The van der Waals surface area contributed by atoms with Gasteiger partial charge in [0.25, 0.3) is 5.69 Å². The number of H-pyrrole nitrogens is 1. The van der Waals surface area contributed by atoms with Crippen molar-refractivity contribution in [2.75, 3.05) is 0 Å². The number of hydrogen-bond donors (Lipinski definition) is 2. The van der Waals surface area contributed by atoms with E-state index in [-0.39, 0.29) is 11.7 Å². The second-order valence-electron chi connectivity index (χ2n) is 6.52. The highest BCUT2D eigenvalue weighted by atomic mass is 16.6. The number of amides is 1. The Hall–Kier alpha value is -2.57. The molecule has 0 saturated carbocycles. The molecule has 23 heavy (non-hydrogen) atoms. The maximum absolute atomic E-state index is 11.8. The van der Waals surface area contributed by atoms with Crippen LogP contribution >= 0.6 is 0 Å². The van der Waals surface area contributed by atoms with Crippen molar-refractivity contribution in [1.82, 2.24) is 10.3 Å². The molecule has 0 radical (unpaired) electrons. The van der Waals surface area contributed by atoms with Crippen LogP contribution in [0.25, 0.3) is 10.9 Å². The van der Waals surface area contributed by atoms with Gasteiger partial charge >= 0.3 is 6.09 Å². The molecule has 0 unspecified atom stereocenters. The topological polar surface area (TPSA) is 97.3 Å². The number of nitrogens with zero attached hydrogens (tertiary/aromatic N) is 1. The number of fused-ring (bicyclic) bond motifs is 1. The zero-order valence-electron chi connectivity index (χ0n) is 13.7. The summed E-state index contributed by atoms with van der Waals surface area (Å²) in [6.45, 7) is 7.21. The van der Waals surface area contributed by atoms with Gasteiger partial charge in [-0.3, -0.25) is 10.1 Å². The van der Waals surface area contributed by atoms with Gasteiger partial charge < -0.3 is 15.0 Å². The largest absolute Gasteiger partial charge is 0.444 e. The molecule has 0 aliphatic heterocycles. The lowest BCUT2D eigenvalue weighted by molar-refractivity contribution is -0.383. The minimum absolute atomic E-state index is 0.0585. The van der Waals surface area contributed by atoms with Crippen molar-refractivity contribution in [3.05, 3.63) is 40.1 Å². The number of carbonyl (C=O) groups is 1. The molecule has 0 aliphatic carbocycles. The molecule has 2 rings (SSSR count). The van der Waals surface area contributed by atoms with Crippen LogP contribution in [0.1, 0.15) is 33.3 Å². The van der Waals surface area contributed by atoms with E-state index in [1.807, 2.05) is 6.92 Å². The van der Waals surface area contributed by atoms with Crippen LogP contribution in [0, 0.1) is 10.1 Å². The molecule has 1 aromatic carbocycles. The number of alkyl carbamates (subject to hydrolysis) is 1. The highest BCUT2D eigenvalue weighted by Crippen LogP contribution is 2.29. The molecule has 124 valence electrons. The van der Waals surface area contributed by atoms with Gasteiger partial charge in [-0.05, 0) is 45.7 Å².